The van der Waals surface area contributed by atoms with Crippen molar-refractivity contribution in [1.82, 2.24) is 0 Å². The molecule has 0 N–H and O–H groups in total. The van der Waals surface area contributed by atoms with Crippen LogP contribution in [0.2, 0.25) is 0 Å². The topological polar surface area (TPSA) is 88.0 Å². The molecule has 0 aliphatic heterocycles. The minimum atomic E-state index is -1.06. The number of hydrogen-bond donors (Lipinski definition) is 0. The molecule has 0 aliphatic rings. The Hall–Kier alpha value is 0.0464. The van der Waals surface area contributed by atoms with Gasteiger partial charge in [-0.1, -0.05) is 0 Å². The van der Waals surface area contributed by atoms with Crippen LogP contribution in [0.4, 0.5) is 0 Å². The van der Waals surface area contributed by atoms with Gasteiger partial charge in [-0.15, -0.1) is 0 Å². The van der Waals surface area contributed by atoms with Crippen molar-refractivity contribution in [3.05, 3.63) is 5.21 Å². The Bertz CT molecular complexity index is 208. The molecule has 74 valence electrons. The molecule has 0 bridgehead atoms. The van der Waals surface area contributed by atoms with Crippen molar-refractivity contribution >= 4 is 17.7 Å². The van der Waals surface area contributed by atoms with Crippen LogP contribution in [0.15, 0.2) is 5.16 Å². The fraction of sp³-hybridized carbons (Fsp3) is 0.571. The Balaban J connectivity index is 0. The van der Waals surface area contributed by atoms with Crippen LogP contribution in [-0.2, 0) is 19.1 Å². The molecule has 0 fully saturated rings. The molecule has 0 rings (SSSR count). The Labute approximate surface area is 124 Å². The molecular weight excluding hydrogens is 217 g/mol. The summed E-state index contributed by atoms with van der Waals surface area (Å²) in [7, 11) is 0. The minimum Gasteiger partial charge on any atom is -0.791 e. The number of ether oxygens (including phenoxy) is 2. The summed E-state index contributed by atoms with van der Waals surface area (Å²) in [6.07, 6.45) is 0. The van der Waals surface area contributed by atoms with E-state index >= 15 is 0 Å². The molecule has 0 spiro atoms. The molecule has 6 nitrogen and oxygen atoms in total. The van der Waals surface area contributed by atoms with Crippen molar-refractivity contribution in [3.8, 4) is 0 Å². The molecule has 0 aromatic carbocycles. The standard InChI is InChI=1S/C7H11NO5.K/c1-3-12-6(9)5(8-11)7(10)13-4-2;/h11H,3-4H2,1-2H3;/q;+1/p-1. The van der Waals surface area contributed by atoms with Gasteiger partial charge in [-0.25, -0.2) is 9.59 Å². The number of carbonyl (C=O) groups is 2. The first-order chi connectivity index (χ1) is 6.17. The average Bonchev–Trinajstić information content (AvgIpc) is 2.06. The van der Waals surface area contributed by atoms with Crippen LogP contribution in [0.3, 0.4) is 0 Å². The Morgan fingerprint density at radius 1 is 1.14 bits per heavy atom. The van der Waals surface area contributed by atoms with Crippen molar-refractivity contribution in [2.24, 2.45) is 5.16 Å². The quantitative estimate of drug-likeness (QED) is 0.168. The minimum absolute atomic E-state index is 0. The molecule has 0 atom stereocenters. The van der Waals surface area contributed by atoms with E-state index in [1.54, 1.807) is 13.8 Å². The molecule has 14 heavy (non-hydrogen) atoms. The molecule has 0 heterocycles. The van der Waals surface area contributed by atoms with Gasteiger partial charge in [-0.2, -0.15) is 0 Å². The summed E-state index contributed by atoms with van der Waals surface area (Å²) in [5, 5.41) is 12.3. The van der Waals surface area contributed by atoms with Crippen molar-refractivity contribution in [2.45, 2.75) is 13.8 Å². The van der Waals surface area contributed by atoms with Crippen LogP contribution in [0, 0.1) is 5.21 Å². The average molecular weight is 227 g/mol. The van der Waals surface area contributed by atoms with E-state index in [-0.39, 0.29) is 64.6 Å². The first kappa shape index (κ1) is 16.5. The summed E-state index contributed by atoms with van der Waals surface area (Å²) in [5.74, 6) is -2.12. The predicted octanol–water partition coefficient (Wildman–Crippen LogP) is -2.94. The first-order valence-electron chi connectivity index (χ1n) is 3.71. The second-order valence-electron chi connectivity index (χ2n) is 1.88. The van der Waals surface area contributed by atoms with E-state index < -0.39 is 17.7 Å². The van der Waals surface area contributed by atoms with Gasteiger partial charge < -0.3 is 19.8 Å². The molecule has 0 saturated carbocycles. The zero-order valence-corrected chi connectivity index (χ0v) is 11.5. The van der Waals surface area contributed by atoms with Gasteiger partial charge in [0.15, 0.2) is 0 Å². The van der Waals surface area contributed by atoms with Crippen molar-refractivity contribution in [1.29, 1.82) is 0 Å². The zero-order chi connectivity index (χ0) is 10.3. The van der Waals surface area contributed by atoms with E-state index in [0.29, 0.717) is 0 Å². The predicted molar refractivity (Wildman–Crippen MR) is 44.1 cm³/mol. The summed E-state index contributed by atoms with van der Waals surface area (Å²) in [4.78, 5) is 21.7. The molecule has 0 unspecified atom stereocenters. The summed E-state index contributed by atoms with van der Waals surface area (Å²) < 4.78 is 8.78. The zero-order valence-electron chi connectivity index (χ0n) is 8.40. The molecule has 0 amide bonds. The van der Waals surface area contributed by atoms with Gasteiger partial charge in [0.2, 0.25) is 5.71 Å². The van der Waals surface area contributed by atoms with Gasteiger partial charge in [-0.3, -0.25) is 0 Å². The van der Waals surface area contributed by atoms with E-state index in [0.717, 1.165) is 0 Å². The molecule has 0 aliphatic carbocycles. The van der Waals surface area contributed by atoms with Crippen LogP contribution in [-0.4, -0.2) is 30.9 Å². The van der Waals surface area contributed by atoms with Gasteiger partial charge >= 0.3 is 63.3 Å². The van der Waals surface area contributed by atoms with E-state index in [2.05, 4.69) is 14.6 Å². The van der Waals surface area contributed by atoms with E-state index in [1.165, 1.54) is 0 Å². The van der Waals surface area contributed by atoms with Gasteiger partial charge in [-0.05, 0) is 13.8 Å². The smallest absolute Gasteiger partial charge is 0.791 e. The fourth-order valence-electron chi connectivity index (χ4n) is 0.557. The number of rotatable bonds is 4. The summed E-state index contributed by atoms with van der Waals surface area (Å²) in [6, 6.07) is 0. The SMILES string of the molecule is CCOC(=O)C(=N[O-])C(=O)OCC.[K+]. The van der Waals surface area contributed by atoms with Crippen LogP contribution in [0.25, 0.3) is 0 Å². The summed E-state index contributed by atoms with van der Waals surface area (Å²) in [6.45, 7) is 3.23. The normalized spacial score (nSPS) is 8.14. The Morgan fingerprint density at radius 3 is 1.71 bits per heavy atom. The number of esters is 2. The van der Waals surface area contributed by atoms with E-state index in [4.69, 9.17) is 0 Å². The third kappa shape index (κ3) is 5.71. The molecular formula is C7H10KNO5. The number of hydrogen-bond acceptors (Lipinski definition) is 6. The van der Waals surface area contributed by atoms with Gasteiger partial charge in [0.1, 0.15) is 0 Å². The summed E-state index contributed by atoms with van der Waals surface area (Å²) in [5.41, 5.74) is -0.858. The third-order valence-corrected chi connectivity index (χ3v) is 1.03. The largest absolute Gasteiger partial charge is 1.00 e. The second kappa shape index (κ2) is 9.60. The Morgan fingerprint density at radius 2 is 1.50 bits per heavy atom. The van der Waals surface area contributed by atoms with Crippen molar-refractivity contribution < 1.29 is 70.4 Å². The maximum Gasteiger partial charge on any atom is 1.00 e. The molecule has 7 heteroatoms. The third-order valence-electron chi connectivity index (χ3n) is 1.03. The molecule has 0 radical (unpaired) electrons. The Kier molecular flexibility index (Phi) is 11.3. The summed E-state index contributed by atoms with van der Waals surface area (Å²) >= 11 is 0. The molecule has 0 aromatic rings. The van der Waals surface area contributed by atoms with Crippen molar-refractivity contribution in [2.75, 3.05) is 13.2 Å². The maximum absolute atomic E-state index is 10.8. The molecule has 0 saturated heterocycles. The van der Waals surface area contributed by atoms with E-state index in [1.807, 2.05) is 0 Å². The van der Waals surface area contributed by atoms with Gasteiger partial charge in [0, 0.05) is 0 Å². The van der Waals surface area contributed by atoms with Crippen LogP contribution in [0.1, 0.15) is 13.8 Å². The van der Waals surface area contributed by atoms with Crippen LogP contribution in [0.5, 0.6) is 0 Å². The van der Waals surface area contributed by atoms with E-state index in [9.17, 15) is 14.8 Å². The van der Waals surface area contributed by atoms with Gasteiger partial charge in [0.05, 0.1) is 13.2 Å². The first-order valence-corrected chi connectivity index (χ1v) is 3.71. The second-order valence-corrected chi connectivity index (χ2v) is 1.88. The van der Waals surface area contributed by atoms with Gasteiger partial charge in [0.25, 0.3) is 0 Å². The van der Waals surface area contributed by atoms with Crippen LogP contribution >= 0.6 is 0 Å². The van der Waals surface area contributed by atoms with Crippen LogP contribution < -0.4 is 51.4 Å². The van der Waals surface area contributed by atoms with Crippen molar-refractivity contribution in [3.63, 3.8) is 0 Å². The molecule has 0 aromatic heterocycles. The number of carbonyl (C=O) groups excluding carboxylic acids is 2. The number of nitrogens with zero attached hydrogens (tertiary/aromatic N) is 1. The monoisotopic (exact) mass is 227 g/mol. The maximum atomic E-state index is 10.8. The fourth-order valence-corrected chi connectivity index (χ4v) is 0.557.